The van der Waals surface area contributed by atoms with Gasteiger partial charge in [0.25, 0.3) is 0 Å². The molecule has 0 aliphatic carbocycles. The van der Waals surface area contributed by atoms with E-state index in [1.807, 2.05) is 24.3 Å². The number of amides is 1. The van der Waals surface area contributed by atoms with Crippen LogP contribution in [0.25, 0.3) is 0 Å². The first-order valence-electron chi connectivity index (χ1n) is 6.62. The minimum atomic E-state index is -1.06. The Kier molecular flexibility index (Phi) is 3.10. The second-order valence-corrected chi connectivity index (χ2v) is 5.29. The van der Waals surface area contributed by atoms with Crippen molar-refractivity contribution in [2.75, 3.05) is 11.9 Å². The maximum absolute atomic E-state index is 12.5. The maximum atomic E-state index is 12.5. The molecule has 1 aromatic rings. The molecule has 1 amide bonds. The molecule has 1 aromatic carbocycles. The Labute approximate surface area is 116 Å². The van der Waals surface area contributed by atoms with Crippen molar-refractivity contribution in [2.24, 2.45) is 0 Å². The predicted molar refractivity (Wildman–Crippen MR) is 71.3 cm³/mol. The number of hydrogen-bond acceptors (Lipinski definition) is 4. The quantitative estimate of drug-likeness (QED) is 0.711. The number of aliphatic carboxylic acids is 1. The van der Waals surface area contributed by atoms with Crippen LogP contribution in [0.2, 0.25) is 0 Å². The number of nitrogens with one attached hydrogen (secondary N) is 1. The van der Waals surface area contributed by atoms with Gasteiger partial charge >= 0.3 is 5.97 Å². The summed E-state index contributed by atoms with van der Waals surface area (Å²) in [7, 11) is 0. The highest BCUT2D eigenvalue weighted by atomic mass is 16.4. The number of benzene rings is 1. The summed E-state index contributed by atoms with van der Waals surface area (Å²) >= 11 is 0. The molecule has 0 spiro atoms. The van der Waals surface area contributed by atoms with Gasteiger partial charge in [0.2, 0.25) is 5.91 Å². The Balaban J connectivity index is 1.76. The van der Waals surface area contributed by atoms with Crippen molar-refractivity contribution in [1.82, 2.24) is 4.90 Å². The molecule has 6 heteroatoms. The molecule has 0 aromatic heterocycles. The molecule has 3 atom stereocenters. The first-order chi connectivity index (χ1) is 9.56. The molecule has 1 saturated heterocycles. The summed E-state index contributed by atoms with van der Waals surface area (Å²) in [6.45, 7) is 0.0876. The molecule has 1 fully saturated rings. The minimum Gasteiger partial charge on any atom is -0.480 e. The number of anilines is 1. The number of carbonyl (C=O) groups excluding carboxylic acids is 1. The van der Waals surface area contributed by atoms with Crippen molar-refractivity contribution in [3.8, 4) is 0 Å². The molecule has 1 unspecified atom stereocenters. The van der Waals surface area contributed by atoms with Crippen molar-refractivity contribution in [3.05, 3.63) is 29.8 Å². The molecule has 20 heavy (non-hydrogen) atoms. The summed E-state index contributed by atoms with van der Waals surface area (Å²) in [5.41, 5.74) is 1.97. The van der Waals surface area contributed by atoms with E-state index in [9.17, 15) is 14.7 Å². The first kappa shape index (κ1) is 12.9. The first-order valence-corrected chi connectivity index (χ1v) is 6.62. The molecule has 0 saturated carbocycles. The molecule has 0 radical (unpaired) electrons. The lowest BCUT2D eigenvalue weighted by molar-refractivity contribution is -0.148. The van der Waals surface area contributed by atoms with Crippen molar-refractivity contribution >= 4 is 17.6 Å². The molecular formula is C14H16N2O4. The number of β-amino-alcohol motifs (C(OH)–C–C–N with tert-alkyl or cyclic N) is 1. The Bertz CT molecular complexity index is 535. The van der Waals surface area contributed by atoms with Gasteiger partial charge in [-0.25, -0.2) is 4.79 Å². The number of carbonyl (C=O) groups is 2. The van der Waals surface area contributed by atoms with Crippen LogP contribution in [0, 0.1) is 0 Å². The van der Waals surface area contributed by atoms with Crippen LogP contribution in [-0.2, 0) is 16.0 Å². The molecule has 2 heterocycles. The average Bonchev–Trinajstić information content (AvgIpc) is 3.01. The van der Waals surface area contributed by atoms with Gasteiger partial charge in [-0.2, -0.15) is 0 Å². The van der Waals surface area contributed by atoms with E-state index in [1.54, 1.807) is 0 Å². The van der Waals surface area contributed by atoms with Crippen LogP contribution in [-0.4, -0.2) is 51.7 Å². The Morgan fingerprint density at radius 1 is 1.30 bits per heavy atom. The molecule has 0 bridgehead atoms. The molecular weight excluding hydrogens is 260 g/mol. The number of carboxylic acid groups (broad SMARTS) is 1. The SMILES string of the molecule is O=C(O)[C@@H]1C[C@@H](O)CN1C(=O)C1Cc2ccccc2N1. The summed E-state index contributed by atoms with van der Waals surface area (Å²) in [6, 6.07) is 6.27. The second-order valence-electron chi connectivity index (χ2n) is 5.29. The van der Waals surface area contributed by atoms with Crippen LogP contribution >= 0.6 is 0 Å². The van der Waals surface area contributed by atoms with Crippen molar-refractivity contribution < 1.29 is 19.8 Å². The minimum absolute atomic E-state index is 0.0876. The van der Waals surface area contributed by atoms with E-state index in [0.29, 0.717) is 6.42 Å². The number of hydrogen-bond donors (Lipinski definition) is 3. The normalized spacial score (nSPS) is 28.1. The number of carboxylic acids is 1. The largest absolute Gasteiger partial charge is 0.480 e. The van der Waals surface area contributed by atoms with Gasteiger partial charge < -0.3 is 20.4 Å². The van der Waals surface area contributed by atoms with Gasteiger partial charge in [-0.05, 0) is 11.6 Å². The van der Waals surface area contributed by atoms with Gasteiger partial charge in [-0.1, -0.05) is 18.2 Å². The highest BCUT2D eigenvalue weighted by Crippen LogP contribution is 2.28. The van der Waals surface area contributed by atoms with E-state index < -0.39 is 24.2 Å². The van der Waals surface area contributed by atoms with E-state index in [4.69, 9.17) is 5.11 Å². The fourth-order valence-electron chi connectivity index (χ4n) is 2.94. The van der Waals surface area contributed by atoms with Gasteiger partial charge in [0.05, 0.1) is 6.10 Å². The molecule has 106 valence electrons. The molecule has 3 N–H and O–H groups in total. The zero-order chi connectivity index (χ0) is 14.3. The summed E-state index contributed by atoms with van der Waals surface area (Å²) in [5.74, 6) is -1.32. The zero-order valence-electron chi connectivity index (χ0n) is 10.8. The van der Waals surface area contributed by atoms with Gasteiger partial charge in [0.1, 0.15) is 12.1 Å². The summed E-state index contributed by atoms with van der Waals surface area (Å²) in [4.78, 5) is 24.9. The summed E-state index contributed by atoms with van der Waals surface area (Å²) in [6.07, 6.45) is -0.113. The number of rotatable bonds is 2. The van der Waals surface area contributed by atoms with Crippen molar-refractivity contribution in [2.45, 2.75) is 31.0 Å². The van der Waals surface area contributed by atoms with Gasteiger partial charge in [-0.15, -0.1) is 0 Å². The maximum Gasteiger partial charge on any atom is 0.326 e. The third kappa shape index (κ3) is 2.12. The van der Waals surface area contributed by atoms with Crippen LogP contribution in [0.5, 0.6) is 0 Å². The van der Waals surface area contributed by atoms with Crippen molar-refractivity contribution in [1.29, 1.82) is 0 Å². The number of aliphatic hydroxyl groups excluding tert-OH is 1. The highest BCUT2D eigenvalue weighted by molar-refractivity contribution is 5.91. The van der Waals surface area contributed by atoms with E-state index in [-0.39, 0.29) is 18.9 Å². The monoisotopic (exact) mass is 276 g/mol. The van der Waals surface area contributed by atoms with Gasteiger partial charge in [0, 0.05) is 25.1 Å². The Morgan fingerprint density at radius 3 is 2.75 bits per heavy atom. The van der Waals surface area contributed by atoms with Crippen molar-refractivity contribution in [3.63, 3.8) is 0 Å². The summed E-state index contributed by atoms with van der Waals surface area (Å²) in [5, 5.41) is 21.9. The molecule has 2 aliphatic heterocycles. The van der Waals surface area contributed by atoms with E-state index in [1.165, 1.54) is 4.90 Å². The topological polar surface area (TPSA) is 89.9 Å². The lowest BCUT2D eigenvalue weighted by Gasteiger charge is -2.24. The fourth-order valence-corrected chi connectivity index (χ4v) is 2.94. The average molecular weight is 276 g/mol. The lowest BCUT2D eigenvalue weighted by atomic mass is 10.1. The van der Waals surface area contributed by atoms with E-state index >= 15 is 0 Å². The summed E-state index contributed by atoms with van der Waals surface area (Å²) < 4.78 is 0. The van der Waals surface area contributed by atoms with Crippen LogP contribution in [0.3, 0.4) is 0 Å². The Morgan fingerprint density at radius 2 is 2.05 bits per heavy atom. The standard InChI is InChI=1S/C14H16N2O4/c17-9-6-12(14(19)20)16(7-9)13(18)11-5-8-3-1-2-4-10(8)15-11/h1-4,9,11-12,15,17H,5-7H2,(H,19,20)/t9-,11?,12+/m1/s1. The van der Waals surface area contributed by atoms with E-state index in [2.05, 4.69) is 5.32 Å². The van der Waals surface area contributed by atoms with Crippen LogP contribution in [0.4, 0.5) is 5.69 Å². The number of likely N-dealkylation sites (tertiary alicyclic amines) is 1. The third-order valence-corrected chi connectivity index (χ3v) is 3.92. The van der Waals surface area contributed by atoms with Gasteiger partial charge in [-0.3, -0.25) is 4.79 Å². The second kappa shape index (κ2) is 4.79. The fraction of sp³-hybridized carbons (Fsp3) is 0.429. The van der Waals surface area contributed by atoms with E-state index in [0.717, 1.165) is 11.3 Å². The number of para-hydroxylation sites is 1. The number of fused-ring (bicyclic) bond motifs is 1. The molecule has 3 rings (SSSR count). The number of aliphatic hydroxyl groups is 1. The van der Waals surface area contributed by atoms with Crippen LogP contribution < -0.4 is 5.32 Å². The smallest absolute Gasteiger partial charge is 0.326 e. The third-order valence-electron chi connectivity index (χ3n) is 3.92. The predicted octanol–water partition coefficient (Wildman–Crippen LogP) is 0.0696. The molecule has 6 nitrogen and oxygen atoms in total. The van der Waals surface area contributed by atoms with Crippen LogP contribution in [0.15, 0.2) is 24.3 Å². The number of nitrogens with zero attached hydrogens (tertiary/aromatic N) is 1. The Hall–Kier alpha value is -2.08. The molecule has 2 aliphatic rings. The van der Waals surface area contributed by atoms with Gasteiger partial charge in [0.15, 0.2) is 0 Å². The lowest BCUT2D eigenvalue weighted by Crippen LogP contribution is -2.47. The zero-order valence-corrected chi connectivity index (χ0v) is 10.8. The highest BCUT2D eigenvalue weighted by Gasteiger charge is 2.42. The van der Waals surface area contributed by atoms with Crippen LogP contribution in [0.1, 0.15) is 12.0 Å².